The number of carbonyl (C=O) groups is 4. The zero-order chi connectivity index (χ0) is 18.0. The molecule has 0 aromatic heterocycles. The predicted octanol–water partition coefficient (Wildman–Crippen LogP) is 0.132. The first-order valence-corrected chi connectivity index (χ1v) is 7.36. The highest BCUT2D eigenvalue weighted by molar-refractivity contribution is 6.44. The maximum atomic E-state index is 12.2. The van der Waals surface area contributed by atoms with Crippen LogP contribution in [-0.2, 0) is 20.9 Å². The Morgan fingerprint density at radius 3 is 2.04 bits per heavy atom. The van der Waals surface area contributed by atoms with E-state index in [2.05, 4.69) is 0 Å². The molecule has 5 amide bonds. The molecule has 0 bridgehead atoms. The van der Waals surface area contributed by atoms with Gasteiger partial charge < -0.3 is 9.80 Å². The van der Waals surface area contributed by atoms with Crippen LogP contribution in [0.1, 0.15) is 5.56 Å². The van der Waals surface area contributed by atoms with E-state index in [-0.39, 0.29) is 0 Å². The van der Waals surface area contributed by atoms with Crippen molar-refractivity contribution in [3.63, 3.8) is 0 Å². The lowest BCUT2D eigenvalue weighted by Crippen LogP contribution is -2.41. The second kappa shape index (κ2) is 6.69. The maximum Gasteiger partial charge on any atom is 0.334 e. The third-order valence-electron chi connectivity index (χ3n) is 3.84. The second-order valence-corrected chi connectivity index (χ2v) is 5.85. The molecule has 2 rings (SSSR count). The number of nitrogens with zero attached hydrogens (tertiary/aromatic N) is 4. The number of benzene rings is 1. The minimum Gasteiger partial charge on any atom is -0.378 e. The van der Waals surface area contributed by atoms with Gasteiger partial charge in [0.05, 0.1) is 0 Å². The van der Waals surface area contributed by atoms with E-state index in [1.807, 2.05) is 43.3 Å². The number of urea groups is 1. The van der Waals surface area contributed by atoms with Crippen molar-refractivity contribution >= 4 is 29.4 Å². The first-order chi connectivity index (χ1) is 11.2. The lowest BCUT2D eigenvalue weighted by molar-refractivity contribution is -0.144. The van der Waals surface area contributed by atoms with Gasteiger partial charge in [-0.25, -0.2) is 9.69 Å². The van der Waals surface area contributed by atoms with Crippen molar-refractivity contribution in [1.29, 1.82) is 0 Å². The summed E-state index contributed by atoms with van der Waals surface area (Å²) in [6, 6.07) is 6.91. The quantitative estimate of drug-likeness (QED) is 0.566. The van der Waals surface area contributed by atoms with E-state index in [1.54, 1.807) is 7.05 Å². The van der Waals surface area contributed by atoms with Crippen LogP contribution < -0.4 is 4.90 Å². The van der Waals surface area contributed by atoms with E-state index in [1.165, 1.54) is 11.9 Å². The smallest absolute Gasteiger partial charge is 0.334 e. The number of amides is 5. The third-order valence-corrected chi connectivity index (χ3v) is 3.84. The Balaban J connectivity index is 1.98. The fourth-order valence-electron chi connectivity index (χ4n) is 2.27. The molecule has 1 saturated heterocycles. The van der Waals surface area contributed by atoms with Crippen LogP contribution in [0.25, 0.3) is 0 Å². The monoisotopic (exact) mass is 332 g/mol. The fraction of sp³-hybridized carbons (Fsp3) is 0.375. The number of rotatable bonds is 5. The van der Waals surface area contributed by atoms with Gasteiger partial charge in [-0.15, -0.1) is 0 Å². The molecule has 1 fully saturated rings. The molecule has 0 unspecified atom stereocenters. The Labute approximate surface area is 140 Å². The standard InChI is InChI=1S/C16H20N4O4/c1-17(2)12-7-5-11(6-8-12)9-18(3)13(21)10-20-15(23)14(22)19(4)16(20)24/h5-8H,9-10H2,1-4H3. The molecule has 8 heteroatoms. The highest BCUT2D eigenvalue weighted by Gasteiger charge is 2.43. The summed E-state index contributed by atoms with van der Waals surface area (Å²) in [7, 11) is 6.67. The van der Waals surface area contributed by atoms with Crippen molar-refractivity contribution in [2.45, 2.75) is 6.54 Å². The Morgan fingerprint density at radius 1 is 1.00 bits per heavy atom. The Hall–Kier alpha value is -2.90. The lowest BCUT2D eigenvalue weighted by Gasteiger charge is -2.20. The van der Waals surface area contributed by atoms with Crippen LogP contribution in [0.15, 0.2) is 24.3 Å². The summed E-state index contributed by atoms with van der Waals surface area (Å²) < 4.78 is 0. The molecule has 1 aromatic carbocycles. The number of hydrogen-bond acceptors (Lipinski definition) is 5. The van der Waals surface area contributed by atoms with Gasteiger partial charge in [0.2, 0.25) is 5.91 Å². The van der Waals surface area contributed by atoms with Crippen molar-refractivity contribution in [1.82, 2.24) is 14.7 Å². The molecule has 0 radical (unpaired) electrons. The summed E-state index contributed by atoms with van der Waals surface area (Å²) in [5.41, 5.74) is 1.96. The molecule has 0 N–H and O–H groups in total. The van der Waals surface area contributed by atoms with Crippen molar-refractivity contribution in [2.75, 3.05) is 39.6 Å². The average Bonchev–Trinajstić information content (AvgIpc) is 2.73. The zero-order valence-electron chi connectivity index (χ0n) is 14.1. The molecular formula is C16H20N4O4. The maximum absolute atomic E-state index is 12.2. The number of hydrogen-bond donors (Lipinski definition) is 0. The lowest BCUT2D eigenvalue weighted by atomic mass is 10.2. The molecule has 1 aliphatic heterocycles. The van der Waals surface area contributed by atoms with E-state index in [0.717, 1.165) is 11.3 Å². The molecule has 1 heterocycles. The average molecular weight is 332 g/mol. The van der Waals surface area contributed by atoms with Gasteiger partial charge in [-0.05, 0) is 17.7 Å². The third kappa shape index (κ3) is 3.37. The fourth-order valence-corrected chi connectivity index (χ4v) is 2.27. The summed E-state index contributed by atoms with van der Waals surface area (Å²) in [5, 5.41) is 0. The summed E-state index contributed by atoms with van der Waals surface area (Å²) in [6.07, 6.45) is 0. The Morgan fingerprint density at radius 2 is 1.58 bits per heavy atom. The molecule has 0 atom stereocenters. The van der Waals surface area contributed by atoms with E-state index >= 15 is 0 Å². The van der Waals surface area contributed by atoms with Crippen LogP contribution in [0.3, 0.4) is 0 Å². The van der Waals surface area contributed by atoms with Crippen LogP contribution in [-0.4, -0.2) is 73.2 Å². The van der Waals surface area contributed by atoms with Gasteiger partial charge in [0.15, 0.2) is 0 Å². The summed E-state index contributed by atoms with van der Waals surface area (Å²) in [4.78, 5) is 51.9. The summed E-state index contributed by atoms with van der Waals surface area (Å²) >= 11 is 0. The van der Waals surface area contributed by atoms with Crippen LogP contribution in [0, 0.1) is 0 Å². The van der Waals surface area contributed by atoms with Crippen LogP contribution in [0.2, 0.25) is 0 Å². The van der Waals surface area contributed by atoms with E-state index in [0.29, 0.717) is 16.3 Å². The van der Waals surface area contributed by atoms with Crippen LogP contribution in [0.5, 0.6) is 0 Å². The minimum absolute atomic E-state index is 0.340. The summed E-state index contributed by atoms with van der Waals surface area (Å²) in [5.74, 6) is -2.31. The van der Waals surface area contributed by atoms with Crippen molar-refractivity contribution < 1.29 is 19.2 Å². The van der Waals surface area contributed by atoms with Gasteiger partial charge in [0.25, 0.3) is 0 Å². The first kappa shape index (κ1) is 17.5. The number of imide groups is 2. The molecule has 1 aromatic rings. The molecule has 8 nitrogen and oxygen atoms in total. The number of likely N-dealkylation sites (N-methyl/N-ethyl adjacent to an activating group) is 2. The van der Waals surface area contributed by atoms with E-state index in [9.17, 15) is 19.2 Å². The van der Waals surface area contributed by atoms with Crippen LogP contribution in [0.4, 0.5) is 10.5 Å². The highest BCUT2D eigenvalue weighted by Crippen LogP contribution is 2.14. The topological polar surface area (TPSA) is 81.2 Å². The predicted molar refractivity (Wildman–Crippen MR) is 87.1 cm³/mol. The van der Waals surface area contributed by atoms with E-state index < -0.39 is 30.3 Å². The zero-order valence-corrected chi connectivity index (χ0v) is 14.1. The molecule has 1 aliphatic rings. The van der Waals surface area contributed by atoms with Crippen molar-refractivity contribution in [3.8, 4) is 0 Å². The summed E-state index contributed by atoms with van der Waals surface area (Å²) in [6.45, 7) is -0.105. The number of anilines is 1. The van der Waals surface area contributed by atoms with Gasteiger partial charge in [0, 0.05) is 40.4 Å². The van der Waals surface area contributed by atoms with Crippen LogP contribution >= 0.6 is 0 Å². The largest absolute Gasteiger partial charge is 0.378 e. The molecule has 0 aliphatic carbocycles. The van der Waals surface area contributed by atoms with Gasteiger partial charge >= 0.3 is 17.8 Å². The highest BCUT2D eigenvalue weighted by atomic mass is 16.2. The molecule has 24 heavy (non-hydrogen) atoms. The molecular weight excluding hydrogens is 312 g/mol. The first-order valence-electron chi connectivity index (χ1n) is 7.36. The molecule has 128 valence electrons. The van der Waals surface area contributed by atoms with Gasteiger partial charge in [-0.2, -0.15) is 0 Å². The second-order valence-electron chi connectivity index (χ2n) is 5.85. The van der Waals surface area contributed by atoms with Crippen molar-refractivity contribution in [3.05, 3.63) is 29.8 Å². The Kier molecular flexibility index (Phi) is 4.87. The van der Waals surface area contributed by atoms with Gasteiger partial charge in [-0.3, -0.25) is 19.3 Å². The molecule has 0 spiro atoms. The number of carbonyl (C=O) groups excluding carboxylic acids is 4. The normalized spacial score (nSPS) is 14.4. The Bertz CT molecular complexity index is 684. The van der Waals surface area contributed by atoms with E-state index in [4.69, 9.17) is 0 Å². The SMILES string of the molecule is CN(Cc1ccc(N(C)C)cc1)C(=O)CN1C(=O)C(=O)N(C)C1=O. The molecule has 0 saturated carbocycles. The van der Waals surface area contributed by atoms with Gasteiger partial charge in [0.1, 0.15) is 6.54 Å². The van der Waals surface area contributed by atoms with Crippen molar-refractivity contribution in [2.24, 2.45) is 0 Å². The minimum atomic E-state index is -0.973. The van der Waals surface area contributed by atoms with Gasteiger partial charge in [-0.1, -0.05) is 12.1 Å².